The minimum atomic E-state index is 0.118. The van der Waals surface area contributed by atoms with Crippen molar-refractivity contribution in [3.8, 4) is 0 Å². The number of nitrogens with zero attached hydrogens (tertiary/aromatic N) is 1. The van der Waals surface area contributed by atoms with Crippen molar-refractivity contribution in [3.05, 3.63) is 20.9 Å². The van der Waals surface area contributed by atoms with E-state index in [2.05, 4.69) is 60.4 Å². The Labute approximate surface area is 104 Å². The predicted molar refractivity (Wildman–Crippen MR) is 74.5 cm³/mol. The summed E-state index contributed by atoms with van der Waals surface area (Å²) in [6.07, 6.45) is 0. The van der Waals surface area contributed by atoms with Gasteiger partial charge in [-0.2, -0.15) is 0 Å². The molecule has 1 rings (SSSR count). The largest absolute Gasteiger partial charge is 0.295 e. The molecule has 0 aliphatic rings. The van der Waals surface area contributed by atoms with Gasteiger partial charge >= 0.3 is 0 Å². The second-order valence-corrected chi connectivity index (χ2v) is 6.91. The van der Waals surface area contributed by atoms with E-state index in [1.54, 1.807) is 0 Å². The SMILES string of the molecule is Cc1sc(C)c(C(C)(C)N(C)C(C)C)c1C. The predicted octanol–water partition coefficient (Wildman–Crippen LogP) is 4.25. The van der Waals surface area contributed by atoms with E-state index in [-0.39, 0.29) is 5.54 Å². The molecule has 1 aromatic rings. The van der Waals surface area contributed by atoms with Crippen molar-refractivity contribution in [2.75, 3.05) is 7.05 Å². The van der Waals surface area contributed by atoms with Crippen LogP contribution in [0.4, 0.5) is 0 Å². The summed E-state index contributed by atoms with van der Waals surface area (Å²) in [4.78, 5) is 5.37. The lowest BCUT2D eigenvalue weighted by atomic mass is 9.88. The molecule has 0 saturated heterocycles. The lowest BCUT2D eigenvalue weighted by Crippen LogP contribution is -2.43. The van der Waals surface area contributed by atoms with Crippen LogP contribution in [0.2, 0.25) is 0 Å². The molecule has 0 aliphatic carbocycles. The topological polar surface area (TPSA) is 3.24 Å². The second-order valence-electron chi connectivity index (χ2n) is 5.48. The third kappa shape index (κ3) is 2.18. The molecule has 0 atom stereocenters. The van der Waals surface area contributed by atoms with Crippen LogP contribution < -0.4 is 0 Å². The maximum atomic E-state index is 2.45. The molecule has 92 valence electrons. The Hall–Kier alpha value is -0.340. The molecule has 0 aromatic carbocycles. The summed E-state index contributed by atoms with van der Waals surface area (Å²) >= 11 is 1.93. The lowest BCUT2D eigenvalue weighted by Gasteiger charge is -2.39. The average molecular weight is 239 g/mol. The first-order valence-electron chi connectivity index (χ1n) is 5.99. The van der Waals surface area contributed by atoms with Gasteiger partial charge in [0.1, 0.15) is 0 Å². The molecular formula is C14H25NS. The zero-order valence-electron chi connectivity index (χ0n) is 11.9. The fraction of sp³-hybridized carbons (Fsp3) is 0.714. The number of rotatable bonds is 3. The third-order valence-electron chi connectivity index (χ3n) is 3.83. The molecule has 0 spiro atoms. The molecule has 2 heteroatoms. The maximum Gasteiger partial charge on any atom is 0.0417 e. The first kappa shape index (κ1) is 13.7. The lowest BCUT2D eigenvalue weighted by molar-refractivity contribution is 0.117. The van der Waals surface area contributed by atoms with Gasteiger partial charge in [0.15, 0.2) is 0 Å². The molecule has 0 fully saturated rings. The normalized spacial score (nSPS) is 12.9. The monoisotopic (exact) mass is 239 g/mol. The minimum absolute atomic E-state index is 0.118. The summed E-state index contributed by atoms with van der Waals surface area (Å²) in [5, 5.41) is 0. The van der Waals surface area contributed by atoms with Gasteiger partial charge in [-0.15, -0.1) is 11.3 Å². The van der Waals surface area contributed by atoms with Gasteiger partial charge in [-0.3, -0.25) is 4.90 Å². The first-order valence-corrected chi connectivity index (χ1v) is 6.81. The molecule has 0 bridgehead atoms. The highest BCUT2D eigenvalue weighted by molar-refractivity contribution is 7.12. The smallest absolute Gasteiger partial charge is 0.0417 e. The van der Waals surface area contributed by atoms with E-state index in [9.17, 15) is 0 Å². The Kier molecular flexibility index (Phi) is 3.86. The fourth-order valence-electron chi connectivity index (χ4n) is 2.51. The molecule has 0 radical (unpaired) electrons. The highest BCUT2D eigenvalue weighted by atomic mass is 32.1. The van der Waals surface area contributed by atoms with E-state index in [1.807, 2.05) is 11.3 Å². The molecule has 1 nitrogen and oxygen atoms in total. The zero-order chi connectivity index (χ0) is 12.7. The van der Waals surface area contributed by atoms with Crippen LogP contribution in [0.25, 0.3) is 0 Å². The molecule has 0 amide bonds. The Morgan fingerprint density at radius 1 is 1.06 bits per heavy atom. The Balaban J connectivity index is 3.26. The average Bonchev–Trinajstić information content (AvgIpc) is 2.39. The van der Waals surface area contributed by atoms with E-state index < -0.39 is 0 Å². The van der Waals surface area contributed by atoms with E-state index in [1.165, 1.54) is 20.9 Å². The van der Waals surface area contributed by atoms with Crippen LogP contribution in [0, 0.1) is 20.8 Å². The summed E-state index contributed by atoms with van der Waals surface area (Å²) < 4.78 is 0. The molecule has 0 N–H and O–H groups in total. The molecule has 0 saturated carbocycles. The van der Waals surface area contributed by atoms with E-state index in [4.69, 9.17) is 0 Å². The summed E-state index contributed by atoms with van der Waals surface area (Å²) in [5.41, 5.74) is 3.11. The molecular weight excluding hydrogens is 214 g/mol. The van der Waals surface area contributed by atoms with Gasteiger partial charge in [0, 0.05) is 21.3 Å². The van der Waals surface area contributed by atoms with Crippen LogP contribution in [-0.4, -0.2) is 18.0 Å². The zero-order valence-corrected chi connectivity index (χ0v) is 12.7. The van der Waals surface area contributed by atoms with Crippen molar-refractivity contribution in [2.24, 2.45) is 0 Å². The van der Waals surface area contributed by atoms with Gasteiger partial charge in [-0.1, -0.05) is 0 Å². The Bertz CT molecular complexity index is 374. The van der Waals surface area contributed by atoms with Crippen molar-refractivity contribution in [3.63, 3.8) is 0 Å². The van der Waals surface area contributed by atoms with Gasteiger partial charge in [0.05, 0.1) is 0 Å². The first-order chi connectivity index (χ1) is 7.19. The third-order valence-corrected chi connectivity index (χ3v) is 4.95. The number of thiophene rings is 1. The Morgan fingerprint density at radius 3 is 1.88 bits per heavy atom. The second kappa shape index (κ2) is 4.50. The standard InChI is InChI=1S/C14H25NS/c1-9(2)15(8)14(6,7)13-10(3)11(4)16-12(13)5/h9H,1-8H3. The van der Waals surface area contributed by atoms with Gasteiger partial charge in [0.25, 0.3) is 0 Å². The Morgan fingerprint density at radius 2 is 1.56 bits per heavy atom. The fourth-order valence-corrected chi connectivity index (χ4v) is 3.73. The van der Waals surface area contributed by atoms with Gasteiger partial charge < -0.3 is 0 Å². The summed E-state index contributed by atoms with van der Waals surface area (Å²) in [5.74, 6) is 0. The summed E-state index contributed by atoms with van der Waals surface area (Å²) in [6.45, 7) is 15.9. The molecule has 0 aliphatic heterocycles. The number of hydrogen-bond donors (Lipinski definition) is 0. The van der Waals surface area contributed by atoms with Crippen molar-refractivity contribution in [1.82, 2.24) is 4.90 Å². The maximum absolute atomic E-state index is 2.45. The van der Waals surface area contributed by atoms with Crippen molar-refractivity contribution in [1.29, 1.82) is 0 Å². The van der Waals surface area contributed by atoms with Crippen LogP contribution in [0.5, 0.6) is 0 Å². The number of aryl methyl sites for hydroxylation is 2. The van der Waals surface area contributed by atoms with Gasteiger partial charge in [-0.25, -0.2) is 0 Å². The molecule has 16 heavy (non-hydrogen) atoms. The molecule has 1 heterocycles. The highest BCUT2D eigenvalue weighted by Gasteiger charge is 2.31. The van der Waals surface area contributed by atoms with Gasteiger partial charge in [0.2, 0.25) is 0 Å². The molecule has 0 unspecified atom stereocenters. The van der Waals surface area contributed by atoms with E-state index in [0.717, 1.165) is 0 Å². The van der Waals surface area contributed by atoms with Crippen LogP contribution in [-0.2, 0) is 5.54 Å². The van der Waals surface area contributed by atoms with Crippen LogP contribution in [0.1, 0.15) is 48.6 Å². The quantitative estimate of drug-likeness (QED) is 0.762. The van der Waals surface area contributed by atoms with Crippen molar-refractivity contribution >= 4 is 11.3 Å². The van der Waals surface area contributed by atoms with Crippen molar-refractivity contribution < 1.29 is 0 Å². The minimum Gasteiger partial charge on any atom is -0.295 e. The summed E-state index contributed by atoms with van der Waals surface area (Å²) in [6, 6.07) is 0.564. The van der Waals surface area contributed by atoms with Crippen molar-refractivity contribution in [2.45, 2.75) is 60.0 Å². The highest BCUT2D eigenvalue weighted by Crippen LogP contribution is 2.38. The van der Waals surface area contributed by atoms with E-state index >= 15 is 0 Å². The van der Waals surface area contributed by atoms with Gasteiger partial charge in [-0.05, 0) is 66.6 Å². The summed E-state index contributed by atoms with van der Waals surface area (Å²) in [7, 11) is 2.22. The van der Waals surface area contributed by atoms with Crippen LogP contribution in [0.15, 0.2) is 0 Å². The number of hydrogen-bond acceptors (Lipinski definition) is 2. The molecule has 1 aromatic heterocycles. The van der Waals surface area contributed by atoms with E-state index in [0.29, 0.717) is 6.04 Å². The van der Waals surface area contributed by atoms with Crippen LogP contribution in [0.3, 0.4) is 0 Å². The van der Waals surface area contributed by atoms with Crippen LogP contribution >= 0.6 is 11.3 Å².